The number of hydrogen-bond donors (Lipinski definition) is 0. The fourth-order valence-electron chi connectivity index (χ4n) is 2.47. The third kappa shape index (κ3) is 6.74. The summed E-state index contributed by atoms with van der Waals surface area (Å²) < 4.78 is 5.17. The van der Waals surface area contributed by atoms with Crippen molar-refractivity contribution in [3.63, 3.8) is 0 Å². The predicted molar refractivity (Wildman–Crippen MR) is 77.8 cm³/mol. The molecule has 0 bridgehead atoms. The Kier molecular flexibility index (Phi) is 8.70. The SMILES string of the molecule is CCOC(=O)C(CC(C)C)C(CC(C)C)C(=O)CC. The summed E-state index contributed by atoms with van der Waals surface area (Å²) in [6, 6.07) is 0. The molecule has 0 radical (unpaired) electrons. The standard InChI is InChI=1S/C16H30O3/c1-7-15(17)13(9-11(3)4)14(10-12(5)6)16(18)19-8-2/h11-14H,7-10H2,1-6H3. The molecule has 0 heterocycles. The van der Waals surface area contributed by atoms with E-state index in [-0.39, 0.29) is 23.6 Å². The summed E-state index contributed by atoms with van der Waals surface area (Å²) in [5.41, 5.74) is 0. The van der Waals surface area contributed by atoms with Crippen LogP contribution in [0.2, 0.25) is 0 Å². The third-order valence-electron chi connectivity index (χ3n) is 3.29. The topological polar surface area (TPSA) is 43.4 Å². The molecule has 2 atom stereocenters. The van der Waals surface area contributed by atoms with Crippen molar-refractivity contribution >= 4 is 11.8 Å². The first-order valence-electron chi connectivity index (χ1n) is 7.52. The maximum atomic E-state index is 12.2. The van der Waals surface area contributed by atoms with Crippen LogP contribution < -0.4 is 0 Å². The van der Waals surface area contributed by atoms with Crippen LogP contribution in [0, 0.1) is 23.7 Å². The highest BCUT2D eigenvalue weighted by molar-refractivity contribution is 5.86. The van der Waals surface area contributed by atoms with Crippen molar-refractivity contribution in [3.05, 3.63) is 0 Å². The van der Waals surface area contributed by atoms with Crippen molar-refractivity contribution in [1.82, 2.24) is 0 Å². The van der Waals surface area contributed by atoms with Gasteiger partial charge in [-0.05, 0) is 31.6 Å². The summed E-state index contributed by atoms with van der Waals surface area (Å²) >= 11 is 0. The highest BCUT2D eigenvalue weighted by Crippen LogP contribution is 2.29. The first-order valence-corrected chi connectivity index (χ1v) is 7.52. The Labute approximate surface area is 118 Å². The summed E-state index contributed by atoms with van der Waals surface area (Å²) in [6.45, 7) is 12.4. The van der Waals surface area contributed by atoms with Crippen LogP contribution in [0.25, 0.3) is 0 Å². The molecule has 0 aromatic carbocycles. The highest BCUT2D eigenvalue weighted by atomic mass is 16.5. The van der Waals surface area contributed by atoms with E-state index in [1.165, 1.54) is 0 Å². The van der Waals surface area contributed by atoms with Gasteiger partial charge in [0.2, 0.25) is 0 Å². The molecule has 0 fully saturated rings. The molecule has 0 rings (SSSR count). The van der Waals surface area contributed by atoms with E-state index in [9.17, 15) is 9.59 Å². The van der Waals surface area contributed by atoms with Crippen molar-refractivity contribution in [2.45, 2.75) is 60.8 Å². The molecule has 0 aliphatic carbocycles. The van der Waals surface area contributed by atoms with Crippen molar-refractivity contribution in [1.29, 1.82) is 0 Å². The minimum Gasteiger partial charge on any atom is -0.466 e. The molecule has 0 aromatic rings. The van der Waals surface area contributed by atoms with Crippen molar-refractivity contribution in [3.8, 4) is 0 Å². The van der Waals surface area contributed by atoms with Crippen LogP contribution in [0.1, 0.15) is 60.8 Å². The normalized spacial score (nSPS) is 14.5. The minimum absolute atomic E-state index is 0.187. The number of rotatable bonds is 9. The lowest BCUT2D eigenvalue weighted by Crippen LogP contribution is -2.33. The molecule has 0 spiro atoms. The summed E-state index contributed by atoms with van der Waals surface area (Å²) in [7, 11) is 0. The first-order chi connectivity index (χ1) is 8.83. The van der Waals surface area contributed by atoms with Crippen LogP contribution in [-0.4, -0.2) is 18.4 Å². The van der Waals surface area contributed by atoms with Crippen LogP contribution in [-0.2, 0) is 14.3 Å². The van der Waals surface area contributed by atoms with Gasteiger partial charge in [0.1, 0.15) is 5.78 Å². The van der Waals surface area contributed by atoms with Gasteiger partial charge in [-0.2, -0.15) is 0 Å². The molecule has 0 saturated carbocycles. The van der Waals surface area contributed by atoms with Gasteiger partial charge in [-0.25, -0.2) is 0 Å². The molecular weight excluding hydrogens is 240 g/mol. The van der Waals surface area contributed by atoms with Crippen LogP contribution in [0.15, 0.2) is 0 Å². The average molecular weight is 270 g/mol. The Morgan fingerprint density at radius 3 is 1.74 bits per heavy atom. The van der Waals surface area contributed by atoms with Gasteiger partial charge in [-0.1, -0.05) is 34.6 Å². The Balaban J connectivity index is 5.09. The van der Waals surface area contributed by atoms with E-state index < -0.39 is 0 Å². The fraction of sp³-hybridized carbons (Fsp3) is 0.875. The molecule has 0 aliphatic rings. The first kappa shape index (κ1) is 18.1. The van der Waals surface area contributed by atoms with Gasteiger partial charge in [-0.15, -0.1) is 0 Å². The number of Topliss-reactive ketones (excluding diaryl/α,β-unsaturated/α-hetero) is 1. The monoisotopic (exact) mass is 270 g/mol. The molecule has 112 valence electrons. The maximum absolute atomic E-state index is 12.2. The van der Waals surface area contributed by atoms with E-state index in [1.807, 2.05) is 13.8 Å². The van der Waals surface area contributed by atoms with Crippen molar-refractivity contribution in [2.24, 2.45) is 23.7 Å². The van der Waals surface area contributed by atoms with Crippen LogP contribution in [0.4, 0.5) is 0 Å². The number of ketones is 1. The molecule has 19 heavy (non-hydrogen) atoms. The van der Waals surface area contributed by atoms with Crippen molar-refractivity contribution in [2.75, 3.05) is 6.61 Å². The number of carbonyl (C=O) groups is 2. The summed E-state index contributed by atoms with van der Waals surface area (Å²) in [5.74, 6) is 0.301. The quantitative estimate of drug-likeness (QED) is 0.598. The van der Waals surface area contributed by atoms with E-state index in [0.29, 0.717) is 24.9 Å². The molecule has 0 amide bonds. The highest BCUT2D eigenvalue weighted by Gasteiger charge is 2.34. The molecule has 3 heteroatoms. The largest absolute Gasteiger partial charge is 0.466 e. The predicted octanol–water partition coefficient (Wildman–Crippen LogP) is 3.85. The molecule has 3 nitrogen and oxygen atoms in total. The molecular formula is C16H30O3. The fourth-order valence-corrected chi connectivity index (χ4v) is 2.47. The van der Waals surface area contributed by atoms with Crippen LogP contribution in [0.3, 0.4) is 0 Å². The second kappa shape index (κ2) is 9.11. The summed E-state index contributed by atoms with van der Waals surface area (Å²) in [5, 5.41) is 0. The number of hydrogen-bond acceptors (Lipinski definition) is 3. The van der Waals surface area contributed by atoms with Crippen LogP contribution in [0.5, 0.6) is 0 Å². The van der Waals surface area contributed by atoms with E-state index in [4.69, 9.17) is 4.74 Å². The maximum Gasteiger partial charge on any atom is 0.309 e. The average Bonchev–Trinajstić information content (AvgIpc) is 2.32. The second-order valence-electron chi connectivity index (χ2n) is 6.04. The summed E-state index contributed by atoms with van der Waals surface area (Å²) in [4.78, 5) is 24.3. The molecule has 2 unspecified atom stereocenters. The zero-order chi connectivity index (χ0) is 15.0. The molecule has 0 aromatic heterocycles. The van der Waals surface area contributed by atoms with Gasteiger partial charge in [0, 0.05) is 12.3 Å². The Morgan fingerprint density at radius 2 is 1.37 bits per heavy atom. The van der Waals surface area contributed by atoms with Gasteiger partial charge in [-0.3, -0.25) is 9.59 Å². The van der Waals surface area contributed by atoms with Gasteiger partial charge in [0.15, 0.2) is 0 Å². The lowest BCUT2D eigenvalue weighted by Gasteiger charge is -2.27. The Morgan fingerprint density at radius 1 is 0.895 bits per heavy atom. The number of esters is 1. The van der Waals surface area contributed by atoms with Crippen LogP contribution >= 0.6 is 0 Å². The van der Waals surface area contributed by atoms with Gasteiger partial charge >= 0.3 is 5.97 Å². The Hall–Kier alpha value is -0.860. The third-order valence-corrected chi connectivity index (χ3v) is 3.29. The van der Waals surface area contributed by atoms with E-state index in [0.717, 1.165) is 12.8 Å². The molecule has 0 saturated heterocycles. The molecule has 0 aliphatic heterocycles. The van der Waals surface area contributed by atoms with E-state index >= 15 is 0 Å². The zero-order valence-electron chi connectivity index (χ0n) is 13.4. The second-order valence-corrected chi connectivity index (χ2v) is 6.04. The van der Waals surface area contributed by atoms with Gasteiger partial charge in [0.05, 0.1) is 12.5 Å². The lowest BCUT2D eigenvalue weighted by atomic mass is 9.78. The number of ether oxygens (including phenoxy) is 1. The number of carbonyl (C=O) groups excluding carboxylic acids is 2. The lowest BCUT2D eigenvalue weighted by molar-refractivity contribution is -0.153. The van der Waals surface area contributed by atoms with E-state index in [2.05, 4.69) is 27.7 Å². The van der Waals surface area contributed by atoms with Crippen molar-refractivity contribution < 1.29 is 14.3 Å². The van der Waals surface area contributed by atoms with E-state index in [1.54, 1.807) is 0 Å². The van der Waals surface area contributed by atoms with Gasteiger partial charge < -0.3 is 4.74 Å². The smallest absolute Gasteiger partial charge is 0.309 e. The molecule has 0 N–H and O–H groups in total. The minimum atomic E-state index is -0.283. The zero-order valence-corrected chi connectivity index (χ0v) is 13.4. The Bertz CT molecular complexity index is 282. The van der Waals surface area contributed by atoms with Gasteiger partial charge in [0.25, 0.3) is 0 Å². The summed E-state index contributed by atoms with van der Waals surface area (Å²) in [6.07, 6.45) is 1.98.